The molecule has 4 unspecified atom stereocenters. The molecular formula is C25H20N4O4. The molecule has 1 aliphatic heterocycles. The van der Waals surface area contributed by atoms with Crippen LogP contribution in [0.25, 0.3) is 10.9 Å². The number of hydrogen-bond donors (Lipinski definition) is 0. The van der Waals surface area contributed by atoms with Crippen molar-refractivity contribution in [3.8, 4) is 0 Å². The molecule has 33 heavy (non-hydrogen) atoms. The van der Waals surface area contributed by atoms with E-state index in [9.17, 15) is 19.7 Å². The van der Waals surface area contributed by atoms with Gasteiger partial charge in [-0.25, -0.2) is 0 Å². The molecule has 0 N–H and O–H groups in total. The van der Waals surface area contributed by atoms with Crippen LogP contribution in [0.4, 0.5) is 5.69 Å². The van der Waals surface area contributed by atoms with E-state index in [1.807, 2.05) is 35.0 Å². The number of nitrogens with zero attached hydrogens (tertiary/aromatic N) is 4. The summed E-state index contributed by atoms with van der Waals surface area (Å²) in [6.45, 7) is 0.521. The summed E-state index contributed by atoms with van der Waals surface area (Å²) >= 11 is 0. The fourth-order valence-electron chi connectivity index (χ4n) is 5.55. The first-order valence-electron chi connectivity index (χ1n) is 10.9. The van der Waals surface area contributed by atoms with Crippen LogP contribution in [0.15, 0.2) is 72.0 Å². The number of para-hydroxylation sites is 1. The Kier molecular flexibility index (Phi) is 4.29. The number of nitro benzene ring substituents is 1. The second kappa shape index (κ2) is 7.23. The van der Waals surface area contributed by atoms with Crippen molar-refractivity contribution in [1.29, 1.82) is 0 Å². The minimum Gasteiger partial charge on any atom is -0.342 e. The molecule has 2 heterocycles. The average molecular weight is 440 g/mol. The van der Waals surface area contributed by atoms with Crippen molar-refractivity contribution in [1.82, 2.24) is 9.58 Å². The summed E-state index contributed by atoms with van der Waals surface area (Å²) in [6, 6.07) is 14.3. The highest BCUT2D eigenvalue weighted by Gasteiger charge is 2.59. The lowest BCUT2D eigenvalue weighted by Gasteiger charge is -2.13. The van der Waals surface area contributed by atoms with Crippen molar-refractivity contribution in [2.24, 2.45) is 28.8 Å². The van der Waals surface area contributed by atoms with Crippen LogP contribution in [0.3, 0.4) is 0 Å². The molecule has 1 saturated carbocycles. The molecule has 164 valence electrons. The minimum atomic E-state index is -0.417. The number of nitro groups is 1. The Morgan fingerprint density at radius 3 is 2.33 bits per heavy atom. The van der Waals surface area contributed by atoms with Gasteiger partial charge < -0.3 is 4.57 Å². The molecule has 2 aromatic carbocycles. The highest BCUT2D eigenvalue weighted by Crippen LogP contribution is 2.52. The van der Waals surface area contributed by atoms with Crippen LogP contribution in [0, 0.1) is 33.8 Å². The number of rotatable bonds is 5. The van der Waals surface area contributed by atoms with Gasteiger partial charge in [0.05, 0.1) is 23.0 Å². The lowest BCUT2D eigenvalue weighted by molar-refractivity contribution is -0.384. The molecule has 2 bridgehead atoms. The van der Waals surface area contributed by atoms with Crippen molar-refractivity contribution in [3.63, 3.8) is 0 Å². The van der Waals surface area contributed by atoms with Gasteiger partial charge in [0.2, 0.25) is 0 Å². The summed E-state index contributed by atoms with van der Waals surface area (Å²) < 4.78 is 2.03. The van der Waals surface area contributed by atoms with E-state index in [1.165, 1.54) is 12.1 Å². The van der Waals surface area contributed by atoms with Gasteiger partial charge in [-0.3, -0.25) is 19.7 Å². The Morgan fingerprint density at radius 1 is 1.00 bits per heavy atom. The van der Waals surface area contributed by atoms with E-state index < -0.39 is 4.92 Å². The topological polar surface area (TPSA) is 97.8 Å². The molecule has 0 spiro atoms. The smallest absolute Gasteiger partial charge is 0.269 e. The molecule has 6 rings (SSSR count). The predicted molar refractivity (Wildman–Crippen MR) is 121 cm³/mol. The number of amides is 2. The maximum absolute atomic E-state index is 12.9. The summed E-state index contributed by atoms with van der Waals surface area (Å²) in [6.07, 6.45) is 8.53. The number of aromatic nitrogens is 1. The SMILES string of the molecule is O=C1C2C3C=CC(C3)C2C(=O)N1N=Cc1cn(Cc2ccc([N+](=O)[O-])cc2)c2ccccc12. The van der Waals surface area contributed by atoms with E-state index >= 15 is 0 Å². The highest BCUT2D eigenvalue weighted by atomic mass is 16.6. The summed E-state index contributed by atoms with van der Waals surface area (Å²) in [5, 5.41) is 17.2. The van der Waals surface area contributed by atoms with E-state index in [1.54, 1.807) is 18.3 Å². The first kappa shape index (κ1) is 19.6. The van der Waals surface area contributed by atoms with Crippen molar-refractivity contribution >= 4 is 34.6 Å². The Hall–Kier alpha value is -4.07. The van der Waals surface area contributed by atoms with Crippen LogP contribution in [0.1, 0.15) is 17.5 Å². The molecule has 3 aromatic rings. The lowest BCUT2D eigenvalue weighted by atomic mass is 9.85. The number of hydrazone groups is 1. The maximum Gasteiger partial charge on any atom is 0.269 e. The Bertz CT molecular complexity index is 1340. The van der Waals surface area contributed by atoms with Gasteiger partial charge in [-0.15, -0.1) is 0 Å². The Morgan fingerprint density at radius 2 is 1.67 bits per heavy atom. The number of benzene rings is 2. The maximum atomic E-state index is 12.9. The first-order chi connectivity index (χ1) is 16.0. The molecule has 1 saturated heterocycles. The van der Waals surface area contributed by atoms with Crippen LogP contribution in [0.2, 0.25) is 0 Å². The third-order valence-electron chi connectivity index (χ3n) is 7.08. The van der Waals surface area contributed by atoms with Gasteiger partial charge >= 0.3 is 0 Å². The van der Waals surface area contributed by atoms with Crippen LogP contribution in [-0.4, -0.2) is 32.5 Å². The Labute approximate surface area is 188 Å². The van der Waals surface area contributed by atoms with Crippen LogP contribution in [0.5, 0.6) is 0 Å². The quantitative estimate of drug-likeness (QED) is 0.198. The monoisotopic (exact) mass is 440 g/mol. The van der Waals surface area contributed by atoms with Crippen molar-refractivity contribution in [3.05, 3.63) is 88.1 Å². The third-order valence-corrected chi connectivity index (χ3v) is 7.08. The average Bonchev–Trinajstić information content (AvgIpc) is 3.57. The largest absolute Gasteiger partial charge is 0.342 e. The number of fused-ring (bicyclic) bond motifs is 6. The normalized spacial score (nSPS) is 25.6. The van der Waals surface area contributed by atoms with E-state index in [-0.39, 0.29) is 41.2 Å². The van der Waals surface area contributed by atoms with Gasteiger partial charge in [0, 0.05) is 41.3 Å². The van der Waals surface area contributed by atoms with Gasteiger partial charge in [0.25, 0.3) is 17.5 Å². The summed E-state index contributed by atoms with van der Waals surface area (Å²) in [5.41, 5.74) is 2.74. The highest BCUT2D eigenvalue weighted by molar-refractivity contribution is 6.07. The molecule has 3 aliphatic rings. The molecule has 0 radical (unpaired) electrons. The summed E-state index contributed by atoms with van der Waals surface area (Å²) in [7, 11) is 0. The molecule has 2 aliphatic carbocycles. The van der Waals surface area contributed by atoms with Crippen LogP contribution < -0.4 is 0 Å². The Balaban J connectivity index is 1.29. The predicted octanol–water partition coefficient (Wildman–Crippen LogP) is 3.74. The molecule has 2 fully saturated rings. The fraction of sp³-hybridized carbons (Fsp3) is 0.240. The van der Waals surface area contributed by atoms with Crippen molar-refractivity contribution in [2.45, 2.75) is 13.0 Å². The number of non-ortho nitro benzene ring substituents is 1. The molecule has 1 aromatic heterocycles. The number of carbonyl (C=O) groups excluding carboxylic acids is 2. The molecular weight excluding hydrogens is 420 g/mol. The van der Waals surface area contributed by atoms with Gasteiger partial charge in [0.15, 0.2) is 0 Å². The standard InChI is InChI=1S/C25H20N4O4/c30-24-22-16-7-8-17(11-16)23(22)25(31)28(24)26-12-18-14-27(21-4-2-1-3-20(18)21)13-15-5-9-19(10-6-15)29(32)33/h1-10,12,14,16-17,22-23H,11,13H2. The first-order valence-corrected chi connectivity index (χ1v) is 10.9. The number of carbonyl (C=O) groups is 2. The molecule has 8 nitrogen and oxygen atoms in total. The second-order valence-corrected chi connectivity index (χ2v) is 8.89. The van der Waals surface area contributed by atoms with Gasteiger partial charge in [0.1, 0.15) is 0 Å². The van der Waals surface area contributed by atoms with Crippen LogP contribution >= 0.6 is 0 Å². The number of imide groups is 1. The third kappa shape index (κ3) is 3.01. The summed E-state index contributed by atoms with van der Waals surface area (Å²) in [5.74, 6) is -0.637. The van der Waals surface area contributed by atoms with E-state index in [4.69, 9.17) is 0 Å². The lowest BCUT2D eigenvalue weighted by Crippen LogP contribution is -2.28. The van der Waals surface area contributed by atoms with Gasteiger partial charge in [-0.2, -0.15) is 10.1 Å². The van der Waals surface area contributed by atoms with Gasteiger partial charge in [-0.05, 0) is 29.9 Å². The van der Waals surface area contributed by atoms with Gasteiger partial charge in [-0.1, -0.05) is 42.5 Å². The van der Waals surface area contributed by atoms with Crippen molar-refractivity contribution in [2.75, 3.05) is 0 Å². The number of hydrogen-bond acceptors (Lipinski definition) is 5. The van der Waals surface area contributed by atoms with E-state index in [2.05, 4.69) is 17.3 Å². The molecule has 4 atom stereocenters. The zero-order chi connectivity index (χ0) is 22.7. The molecule has 8 heteroatoms. The molecule has 2 amide bonds. The zero-order valence-electron chi connectivity index (χ0n) is 17.6. The second-order valence-electron chi connectivity index (χ2n) is 8.89. The van der Waals surface area contributed by atoms with Crippen molar-refractivity contribution < 1.29 is 14.5 Å². The van der Waals surface area contributed by atoms with E-state index in [0.717, 1.165) is 33.5 Å². The fourth-order valence-corrected chi connectivity index (χ4v) is 5.55. The minimum absolute atomic E-state index is 0.0530. The van der Waals surface area contributed by atoms with Crippen LogP contribution in [-0.2, 0) is 16.1 Å². The number of allylic oxidation sites excluding steroid dienone is 2. The summed E-state index contributed by atoms with van der Waals surface area (Å²) in [4.78, 5) is 36.3. The van der Waals surface area contributed by atoms with E-state index in [0.29, 0.717) is 6.54 Å². The zero-order valence-corrected chi connectivity index (χ0v) is 17.6.